The third-order valence-corrected chi connectivity index (χ3v) is 7.10. The fourth-order valence-corrected chi connectivity index (χ4v) is 5.61. The van der Waals surface area contributed by atoms with E-state index >= 15 is 0 Å². The van der Waals surface area contributed by atoms with Crippen LogP contribution in [-0.2, 0) is 14.8 Å². The monoisotopic (exact) mass is 445 g/mol. The molecular formula is C22H31N5O3S. The fraction of sp³-hybridized carbons (Fsp3) is 0.591. The van der Waals surface area contributed by atoms with Gasteiger partial charge in [0.2, 0.25) is 10.0 Å². The summed E-state index contributed by atoms with van der Waals surface area (Å²) in [5.74, 6) is 1.52. The predicted octanol–water partition coefficient (Wildman–Crippen LogP) is 2.36. The van der Waals surface area contributed by atoms with Gasteiger partial charge in [-0.05, 0) is 61.8 Å². The van der Waals surface area contributed by atoms with E-state index in [4.69, 9.17) is 4.74 Å². The molecule has 1 saturated heterocycles. The molecule has 0 aromatic carbocycles. The molecule has 0 radical (unpaired) electrons. The van der Waals surface area contributed by atoms with Crippen molar-refractivity contribution >= 4 is 15.8 Å². The summed E-state index contributed by atoms with van der Waals surface area (Å²) in [5.41, 5.74) is 1.25. The molecule has 2 aromatic heterocycles. The molecule has 168 valence electrons. The first-order valence-corrected chi connectivity index (χ1v) is 12.9. The number of anilines is 1. The van der Waals surface area contributed by atoms with Crippen LogP contribution in [0.1, 0.15) is 43.6 Å². The van der Waals surface area contributed by atoms with E-state index in [1.807, 2.05) is 24.4 Å². The maximum Gasteiger partial charge on any atom is 0.208 e. The average Bonchev–Trinajstić information content (AvgIpc) is 2.79. The first-order chi connectivity index (χ1) is 15.0. The minimum absolute atomic E-state index is 0.0765. The molecule has 31 heavy (non-hydrogen) atoms. The molecule has 1 aliphatic carbocycles. The molecular weight excluding hydrogens is 414 g/mol. The minimum Gasteiger partial charge on any atom is -0.378 e. The molecule has 8 nitrogen and oxygen atoms in total. The average molecular weight is 446 g/mol. The summed E-state index contributed by atoms with van der Waals surface area (Å²) in [6.07, 6.45) is 11.8. The van der Waals surface area contributed by atoms with Crippen LogP contribution in [0.2, 0.25) is 0 Å². The summed E-state index contributed by atoms with van der Waals surface area (Å²) in [6, 6.07) is 7.81. The van der Waals surface area contributed by atoms with Gasteiger partial charge in [0, 0.05) is 37.4 Å². The maximum absolute atomic E-state index is 11.9. The van der Waals surface area contributed by atoms with Gasteiger partial charge >= 0.3 is 0 Å². The Morgan fingerprint density at radius 1 is 1.10 bits per heavy atom. The Balaban J connectivity index is 1.34. The van der Waals surface area contributed by atoms with Gasteiger partial charge in [0.15, 0.2) is 0 Å². The van der Waals surface area contributed by atoms with Crippen LogP contribution in [0.3, 0.4) is 0 Å². The summed E-state index contributed by atoms with van der Waals surface area (Å²) in [4.78, 5) is 6.68. The van der Waals surface area contributed by atoms with Gasteiger partial charge in [0.25, 0.3) is 0 Å². The number of hydrogen-bond acceptors (Lipinski definition) is 7. The van der Waals surface area contributed by atoms with E-state index in [9.17, 15) is 8.42 Å². The Labute approximate surface area is 184 Å². The molecule has 9 heteroatoms. The van der Waals surface area contributed by atoms with Gasteiger partial charge in [0.05, 0.1) is 25.2 Å². The number of piperidine rings is 1. The Morgan fingerprint density at radius 3 is 2.61 bits per heavy atom. The summed E-state index contributed by atoms with van der Waals surface area (Å²) in [5, 5.41) is 7.86. The zero-order valence-electron chi connectivity index (χ0n) is 17.9. The number of sulfonamides is 1. The van der Waals surface area contributed by atoms with E-state index in [-0.39, 0.29) is 18.1 Å². The molecule has 2 aliphatic rings. The van der Waals surface area contributed by atoms with Crippen molar-refractivity contribution in [1.29, 1.82) is 0 Å². The van der Waals surface area contributed by atoms with E-state index < -0.39 is 10.0 Å². The molecule has 2 unspecified atom stereocenters. The Hall–Kier alpha value is -2.10. The summed E-state index contributed by atoms with van der Waals surface area (Å²) < 4.78 is 32.9. The molecule has 2 fully saturated rings. The number of nitrogens with one attached hydrogen (secondary N) is 1. The van der Waals surface area contributed by atoms with E-state index in [1.54, 1.807) is 12.4 Å². The molecule has 2 aromatic rings. The van der Waals surface area contributed by atoms with Crippen LogP contribution in [0.4, 0.5) is 5.82 Å². The van der Waals surface area contributed by atoms with E-state index in [2.05, 4.69) is 30.9 Å². The Bertz CT molecular complexity index is 921. The standard InChI is InChI=1S/C22H31N5O3S/c1-31(28,29)26-21-10-13-27(22-4-2-3-11-23-22)15-19(21)16-30-20-7-5-17(6-8-20)18-9-12-24-25-14-18/h2-4,9,11-12,14,17,19-21,26H,5-8,10,13,15-16H2,1H3. The van der Waals surface area contributed by atoms with Gasteiger partial charge in [-0.25, -0.2) is 18.1 Å². The Kier molecular flexibility index (Phi) is 7.14. The lowest BCUT2D eigenvalue weighted by atomic mass is 9.83. The van der Waals surface area contributed by atoms with Crippen molar-refractivity contribution in [1.82, 2.24) is 19.9 Å². The maximum atomic E-state index is 11.9. The van der Waals surface area contributed by atoms with Crippen molar-refractivity contribution in [3.63, 3.8) is 0 Å². The normalized spacial score (nSPS) is 27.2. The van der Waals surface area contributed by atoms with Crippen molar-refractivity contribution < 1.29 is 13.2 Å². The molecule has 4 rings (SSSR count). The van der Waals surface area contributed by atoms with Gasteiger partial charge in [0.1, 0.15) is 5.82 Å². The molecule has 0 bridgehead atoms. The van der Waals surface area contributed by atoms with E-state index in [1.165, 1.54) is 11.8 Å². The summed E-state index contributed by atoms with van der Waals surface area (Å²) in [7, 11) is -3.27. The van der Waals surface area contributed by atoms with Crippen LogP contribution in [0, 0.1) is 5.92 Å². The molecule has 1 N–H and O–H groups in total. The van der Waals surface area contributed by atoms with Crippen molar-refractivity contribution in [2.75, 3.05) is 30.9 Å². The molecule has 1 saturated carbocycles. The third kappa shape index (κ3) is 6.21. The van der Waals surface area contributed by atoms with Crippen LogP contribution >= 0.6 is 0 Å². The van der Waals surface area contributed by atoms with Crippen LogP contribution in [0.25, 0.3) is 0 Å². The second kappa shape index (κ2) is 10.0. The highest BCUT2D eigenvalue weighted by molar-refractivity contribution is 7.88. The SMILES string of the molecule is CS(=O)(=O)NC1CCN(c2ccccn2)CC1COC1CCC(c2ccnnc2)CC1. The summed E-state index contributed by atoms with van der Waals surface area (Å²) in [6.45, 7) is 2.04. The van der Waals surface area contributed by atoms with Crippen molar-refractivity contribution in [3.05, 3.63) is 48.4 Å². The molecule has 0 spiro atoms. The lowest BCUT2D eigenvalue weighted by Crippen LogP contribution is -2.52. The van der Waals surface area contributed by atoms with Crippen molar-refractivity contribution in [2.45, 2.75) is 50.2 Å². The number of rotatable bonds is 7. The number of aromatic nitrogens is 3. The fourth-order valence-electron chi connectivity index (χ4n) is 4.75. The highest BCUT2D eigenvalue weighted by atomic mass is 32.2. The molecule has 2 atom stereocenters. The predicted molar refractivity (Wildman–Crippen MR) is 119 cm³/mol. The molecule has 1 aliphatic heterocycles. The lowest BCUT2D eigenvalue weighted by Gasteiger charge is -2.40. The lowest BCUT2D eigenvalue weighted by molar-refractivity contribution is -0.00215. The van der Waals surface area contributed by atoms with Gasteiger partial charge in [-0.2, -0.15) is 10.2 Å². The number of ether oxygens (including phenoxy) is 1. The Morgan fingerprint density at radius 2 is 1.94 bits per heavy atom. The smallest absolute Gasteiger partial charge is 0.208 e. The van der Waals surface area contributed by atoms with Crippen LogP contribution in [0.5, 0.6) is 0 Å². The number of pyridine rings is 1. The zero-order valence-corrected chi connectivity index (χ0v) is 18.7. The van der Waals surface area contributed by atoms with Gasteiger partial charge in [-0.15, -0.1) is 0 Å². The van der Waals surface area contributed by atoms with Crippen LogP contribution in [0.15, 0.2) is 42.9 Å². The van der Waals surface area contributed by atoms with Crippen molar-refractivity contribution in [2.24, 2.45) is 5.92 Å². The first-order valence-electron chi connectivity index (χ1n) is 11.0. The van der Waals surface area contributed by atoms with Crippen molar-refractivity contribution in [3.8, 4) is 0 Å². The summed E-state index contributed by atoms with van der Waals surface area (Å²) >= 11 is 0. The topological polar surface area (TPSA) is 97.3 Å². The highest BCUT2D eigenvalue weighted by Crippen LogP contribution is 2.34. The quantitative estimate of drug-likeness (QED) is 0.699. The van der Waals surface area contributed by atoms with Crippen LogP contribution < -0.4 is 9.62 Å². The second-order valence-electron chi connectivity index (χ2n) is 8.66. The van der Waals surface area contributed by atoms with Gasteiger partial charge in [-0.3, -0.25) is 0 Å². The first kappa shape index (κ1) is 22.1. The molecule has 0 amide bonds. The molecule has 3 heterocycles. The van der Waals surface area contributed by atoms with E-state index in [0.29, 0.717) is 12.5 Å². The number of hydrogen-bond donors (Lipinski definition) is 1. The zero-order chi connectivity index (χ0) is 21.7. The van der Waals surface area contributed by atoms with E-state index in [0.717, 1.165) is 51.0 Å². The number of nitrogens with zero attached hydrogens (tertiary/aromatic N) is 4. The minimum atomic E-state index is -3.27. The largest absolute Gasteiger partial charge is 0.378 e. The van der Waals surface area contributed by atoms with Gasteiger partial charge < -0.3 is 9.64 Å². The van der Waals surface area contributed by atoms with Crippen LogP contribution in [-0.4, -0.2) is 61.7 Å². The van der Waals surface area contributed by atoms with Gasteiger partial charge in [-0.1, -0.05) is 6.07 Å². The highest BCUT2D eigenvalue weighted by Gasteiger charge is 2.33. The third-order valence-electron chi connectivity index (χ3n) is 6.37. The second-order valence-corrected chi connectivity index (χ2v) is 10.4.